The van der Waals surface area contributed by atoms with Gasteiger partial charge in [-0.1, -0.05) is 11.6 Å². The second-order valence-electron chi connectivity index (χ2n) is 5.24. The lowest BCUT2D eigenvalue weighted by atomic mass is 10.1. The number of methoxy groups -OCH3 is 1. The number of hydrogen-bond acceptors (Lipinski definition) is 5. The third kappa shape index (κ3) is 3.70. The van der Waals surface area contributed by atoms with E-state index in [0.29, 0.717) is 19.4 Å². The Morgan fingerprint density at radius 3 is 2.71 bits per heavy atom. The molecule has 0 saturated carbocycles. The fourth-order valence-corrected chi connectivity index (χ4v) is 2.82. The second-order valence-corrected chi connectivity index (χ2v) is 5.65. The standard InChI is InChI=1S/C15H17ClN2O6/c1-23-11-6-8(5-9(16)13(11)24-7-12(17)19)14(20)18-4-2-3-10(18)15(21)22/h5-6,10H,2-4,7H2,1H3,(H2,17,19)(H,21,22)/t10-/m1/s1. The minimum absolute atomic E-state index is 0.0602. The molecular weight excluding hydrogens is 340 g/mol. The number of rotatable bonds is 6. The van der Waals surface area contributed by atoms with Crippen LogP contribution >= 0.6 is 11.6 Å². The maximum atomic E-state index is 12.6. The Kier molecular flexibility index (Phi) is 5.50. The Labute approximate surface area is 143 Å². The molecule has 24 heavy (non-hydrogen) atoms. The number of carboxylic acid groups (broad SMARTS) is 1. The van der Waals surface area contributed by atoms with Crippen LogP contribution in [0.25, 0.3) is 0 Å². The smallest absolute Gasteiger partial charge is 0.326 e. The molecule has 1 aromatic carbocycles. The molecule has 2 rings (SSSR count). The van der Waals surface area contributed by atoms with E-state index in [1.54, 1.807) is 0 Å². The summed E-state index contributed by atoms with van der Waals surface area (Å²) in [4.78, 5) is 35.9. The van der Waals surface area contributed by atoms with Crippen molar-refractivity contribution in [3.05, 3.63) is 22.7 Å². The lowest BCUT2D eigenvalue weighted by Gasteiger charge is -2.22. The maximum absolute atomic E-state index is 12.6. The molecule has 0 radical (unpaired) electrons. The summed E-state index contributed by atoms with van der Waals surface area (Å²) < 4.78 is 10.3. The van der Waals surface area contributed by atoms with Crippen LogP contribution in [0.2, 0.25) is 5.02 Å². The van der Waals surface area contributed by atoms with Gasteiger partial charge in [-0.3, -0.25) is 9.59 Å². The van der Waals surface area contributed by atoms with Crippen molar-refractivity contribution in [2.75, 3.05) is 20.3 Å². The van der Waals surface area contributed by atoms with Crippen molar-refractivity contribution in [2.45, 2.75) is 18.9 Å². The molecular formula is C15H17ClN2O6. The van der Waals surface area contributed by atoms with E-state index in [1.165, 1.54) is 24.1 Å². The normalized spacial score (nSPS) is 16.8. The van der Waals surface area contributed by atoms with E-state index < -0.39 is 30.4 Å². The Morgan fingerprint density at radius 2 is 2.12 bits per heavy atom. The number of likely N-dealkylation sites (tertiary alicyclic amines) is 1. The monoisotopic (exact) mass is 356 g/mol. The number of nitrogens with two attached hydrogens (primary N) is 1. The third-order valence-corrected chi connectivity index (χ3v) is 3.91. The summed E-state index contributed by atoms with van der Waals surface area (Å²) in [5.41, 5.74) is 5.20. The highest BCUT2D eigenvalue weighted by molar-refractivity contribution is 6.32. The van der Waals surface area contributed by atoms with Crippen LogP contribution in [0.5, 0.6) is 11.5 Å². The number of primary amides is 1. The number of ether oxygens (including phenoxy) is 2. The van der Waals surface area contributed by atoms with Crippen molar-refractivity contribution in [2.24, 2.45) is 5.73 Å². The number of carbonyl (C=O) groups is 3. The average Bonchev–Trinajstić information content (AvgIpc) is 3.01. The van der Waals surface area contributed by atoms with Gasteiger partial charge >= 0.3 is 5.97 Å². The third-order valence-electron chi connectivity index (χ3n) is 3.63. The molecule has 1 atom stereocenters. The van der Waals surface area contributed by atoms with Crippen LogP contribution in [0.15, 0.2) is 12.1 Å². The molecule has 1 aromatic rings. The van der Waals surface area contributed by atoms with Crippen LogP contribution in [-0.4, -0.2) is 54.1 Å². The van der Waals surface area contributed by atoms with Gasteiger partial charge in [0.1, 0.15) is 6.04 Å². The van der Waals surface area contributed by atoms with Crippen molar-refractivity contribution in [1.29, 1.82) is 0 Å². The lowest BCUT2D eigenvalue weighted by Crippen LogP contribution is -2.40. The summed E-state index contributed by atoms with van der Waals surface area (Å²) in [6.45, 7) is -0.0355. The van der Waals surface area contributed by atoms with Gasteiger partial charge in [-0.25, -0.2) is 4.79 Å². The van der Waals surface area contributed by atoms with E-state index >= 15 is 0 Å². The molecule has 0 spiro atoms. The molecule has 0 bridgehead atoms. The van der Waals surface area contributed by atoms with E-state index in [-0.39, 0.29) is 22.1 Å². The zero-order valence-corrected chi connectivity index (χ0v) is 13.7. The summed E-state index contributed by atoms with van der Waals surface area (Å²) in [7, 11) is 1.35. The van der Waals surface area contributed by atoms with Gasteiger partial charge in [0.2, 0.25) is 0 Å². The van der Waals surface area contributed by atoms with Crippen molar-refractivity contribution in [3.63, 3.8) is 0 Å². The minimum atomic E-state index is -1.04. The average molecular weight is 357 g/mol. The molecule has 1 heterocycles. The zero-order chi connectivity index (χ0) is 17.9. The summed E-state index contributed by atoms with van der Waals surface area (Å²) in [6.07, 6.45) is 1.03. The Morgan fingerprint density at radius 1 is 1.42 bits per heavy atom. The summed E-state index contributed by atoms with van der Waals surface area (Å²) >= 11 is 6.10. The maximum Gasteiger partial charge on any atom is 0.326 e. The van der Waals surface area contributed by atoms with Crippen molar-refractivity contribution in [3.8, 4) is 11.5 Å². The van der Waals surface area contributed by atoms with Crippen LogP contribution in [-0.2, 0) is 9.59 Å². The van der Waals surface area contributed by atoms with E-state index in [1.807, 2.05) is 0 Å². The van der Waals surface area contributed by atoms with Crippen molar-refractivity contribution in [1.82, 2.24) is 4.90 Å². The van der Waals surface area contributed by atoms with E-state index in [9.17, 15) is 19.5 Å². The van der Waals surface area contributed by atoms with Gasteiger partial charge in [-0.15, -0.1) is 0 Å². The molecule has 2 amide bonds. The predicted octanol–water partition coefficient (Wildman–Crippen LogP) is 0.902. The summed E-state index contributed by atoms with van der Waals surface area (Å²) in [6, 6.07) is 1.88. The summed E-state index contributed by atoms with van der Waals surface area (Å²) in [5, 5.41) is 9.25. The molecule has 1 aliphatic rings. The van der Waals surface area contributed by atoms with Gasteiger partial charge in [0.25, 0.3) is 11.8 Å². The predicted molar refractivity (Wildman–Crippen MR) is 84.4 cm³/mol. The van der Waals surface area contributed by atoms with Crippen LogP contribution in [0.3, 0.4) is 0 Å². The van der Waals surface area contributed by atoms with Crippen molar-refractivity contribution >= 4 is 29.4 Å². The van der Waals surface area contributed by atoms with Gasteiger partial charge in [0.05, 0.1) is 12.1 Å². The van der Waals surface area contributed by atoms with Gasteiger partial charge in [-0.05, 0) is 25.0 Å². The fourth-order valence-electron chi connectivity index (χ4n) is 2.56. The van der Waals surface area contributed by atoms with E-state index in [2.05, 4.69) is 0 Å². The van der Waals surface area contributed by atoms with Gasteiger partial charge in [0.15, 0.2) is 18.1 Å². The highest BCUT2D eigenvalue weighted by atomic mass is 35.5. The van der Waals surface area contributed by atoms with E-state index in [0.717, 1.165) is 0 Å². The molecule has 130 valence electrons. The van der Waals surface area contributed by atoms with Crippen LogP contribution in [0.4, 0.5) is 0 Å². The SMILES string of the molecule is COc1cc(C(=O)N2CCC[C@@H]2C(=O)O)cc(Cl)c1OCC(N)=O. The molecule has 1 saturated heterocycles. The second kappa shape index (κ2) is 7.39. The largest absolute Gasteiger partial charge is 0.493 e. The lowest BCUT2D eigenvalue weighted by molar-refractivity contribution is -0.141. The topological polar surface area (TPSA) is 119 Å². The number of hydrogen-bond donors (Lipinski definition) is 2. The highest BCUT2D eigenvalue weighted by Crippen LogP contribution is 2.37. The first-order chi connectivity index (χ1) is 11.3. The van der Waals surface area contributed by atoms with Crippen molar-refractivity contribution < 1.29 is 29.0 Å². The number of nitrogens with zero attached hydrogens (tertiary/aromatic N) is 1. The number of halogens is 1. The molecule has 0 unspecified atom stereocenters. The molecule has 3 N–H and O–H groups in total. The van der Waals surface area contributed by atoms with Gasteiger partial charge < -0.3 is 25.2 Å². The number of carboxylic acids is 1. The summed E-state index contributed by atoms with van der Waals surface area (Å²) in [5.74, 6) is -1.94. The first-order valence-electron chi connectivity index (χ1n) is 7.17. The molecule has 8 nitrogen and oxygen atoms in total. The van der Waals surface area contributed by atoms with Gasteiger partial charge in [0, 0.05) is 12.1 Å². The van der Waals surface area contributed by atoms with Crippen LogP contribution < -0.4 is 15.2 Å². The molecule has 1 aliphatic heterocycles. The Hall–Kier alpha value is -2.48. The Bertz CT molecular complexity index is 678. The first-order valence-corrected chi connectivity index (χ1v) is 7.55. The molecule has 0 aromatic heterocycles. The molecule has 9 heteroatoms. The zero-order valence-electron chi connectivity index (χ0n) is 13.0. The first kappa shape index (κ1) is 17.9. The fraction of sp³-hybridized carbons (Fsp3) is 0.400. The van der Waals surface area contributed by atoms with Crippen LogP contribution in [0, 0.1) is 0 Å². The van der Waals surface area contributed by atoms with Gasteiger partial charge in [-0.2, -0.15) is 0 Å². The number of benzene rings is 1. The highest BCUT2D eigenvalue weighted by Gasteiger charge is 2.35. The van der Waals surface area contributed by atoms with E-state index in [4.69, 9.17) is 26.8 Å². The minimum Gasteiger partial charge on any atom is -0.493 e. The molecule has 0 aliphatic carbocycles. The quantitative estimate of drug-likeness (QED) is 0.781. The number of carbonyl (C=O) groups excluding carboxylic acids is 2. The van der Waals surface area contributed by atoms with Crippen LogP contribution in [0.1, 0.15) is 23.2 Å². The Balaban J connectivity index is 2.31. The molecule has 1 fully saturated rings. The number of amides is 2. The number of aliphatic carboxylic acids is 1.